The summed E-state index contributed by atoms with van der Waals surface area (Å²) in [5.41, 5.74) is 4.91. The molecule has 3 heterocycles. The van der Waals surface area contributed by atoms with Crippen LogP contribution in [0, 0.1) is 19.8 Å². The van der Waals surface area contributed by atoms with Gasteiger partial charge in [-0.1, -0.05) is 35.9 Å². The quantitative estimate of drug-likeness (QED) is 0.795. The Kier molecular flexibility index (Phi) is 6.96. The molecule has 0 amide bonds. The lowest BCUT2D eigenvalue weighted by atomic mass is 9.93. The van der Waals surface area contributed by atoms with Crippen molar-refractivity contribution in [2.45, 2.75) is 51.6 Å². The monoisotopic (exact) mass is 393 g/mol. The second-order valence-corrected chi connectivity index (χ2v) is 8.84. The number of piperidine rings is 1. The van der Waals surface area contributed by atoms with Crippen molar-refractivity contribution in [3.8, 4) is 0 Å². The minimum Gasteiger partial charge on any atom is -0.381 e. The predicted molar refractivity (Wildman–Crippen MR) is 118 cm³/mol. The van der Waals surface area contributed by atoms with Crippen LogP contribution < -0.4 is 5.32 Å². The van der Waals surface area contributed by atoms with Gasteiger partial charge < -0.3 is 15.0 Å². The Morgan fingerprint density at radius 3 is 2.31 bits per heavy atom. The summed E-state index contributed by atoms with van der Waals surface area (Å²) >= 11 is 0. The molecule has 4 rings (SSSR count). The number of nitrogens with zero attached hydrogens (tertiary/aromatic N) is 2. The molecule has 2 aromatic rings. The number of aromatic nitrogens is 1. The van der Waals surface area contributed by atoms with Crippen molar-refractivity contribution in [2.24, 2.45) is 5.92 Å². The van der Waals surface area contributed by atoms with Gasteiger partial charge in [-0.2, -0.15) is 0 Å². The number of nitrogens with one attached hydrogen (secondary N) is 1. The number of rotatable bonds is 6. The van der Waals surface area contributed by atoms with E-state index in [1.54, 1.807) is 0 Å². The number of aryl methyl sites for hydroxylation is 2. The number of pyridine rings is 1. The zero-order valence-corrected chi connectivity index (χ0v) is 17.9. The lowest BCUT2D eigenvalue weighted by Crippen LogP contribution is -2.45. The van der Waals surface area contributed by atoms with E-state index in [4.69, 9.17) is 9.72 Å². The van der Waals surface area contributed by atoms with Gasteiger partial charge in [0.25, 0.3) is 0 Å². The number of benzene rings is 1. The van der Waals surface area contributed by atoms with Gasteiger partial charge in [0.2, 0.25) is 0 Å². The fourth-order valence-electron chi connectivity index (χ4n) is 4.66. The average molecular weight is 394 g/mol. The van der Waals surface area contributed by atoms with E-state index in [-0.39, 0.29) is 6.04 Å². The van der Waals surface area contributed by atoms with E-state index >= 15 is 0 Å². The molecule has 0 saturated carbocycles. The minimum absolute atomic E-state index is 0.157. The third kappa shape index (κ3) is 5.44. The molecule has 0 bridgehead atoms. The topological polar surface area (TPSA) is 37.4 Å². The maximum absolute atomic E-state index is 5.53. The van der Waals surface area contributed by atoms with Crippen molar-refractivity contribution in [2.75, 3.05) is 32.8 Å². The fraction of sp³-hybridized carbons (Fsp3) is 0.560. The van der Waals surface area contributed by atoms with Gasteiger partial charge in [0.15, 0.2) is 0 Å². The fourth-order valence-corrected chi connectivity index (χ4v) is 4.66. The Morgan fingerprint density at radius 1 is 0.966 bits per heavy atom. The first-order valence-electron chi connectivity index (χ1n) is 11.2. The Morgan fingerprint density at radius 2 is 1.66 bits per heavy atom. The van der Waals surface area contributed by atoms with Gasteiger partial charge in [-0.3, -0.25) is 4.98 Å². The highest BCUT2D eigenvalue weighted by Crippen LogP contribution is 2.25. The van der Waals surface area contributed by atoms with Crippen molar-refractivity contribution < 1.29 is 4.74 Å². The summed E-state index contributed by atoms with van der Waals surface area (Å²) in [5, 5.41) is 3.85. The van der Waals surface area contributed by atoms with E-state index in [2.05, 4.69) is 60.5 Å². The molecule has 1 unspecified atom stereocenters. The summed E-state index contributed by atoms with van der Waals surface area (Å²) in [6.07, 6.45) is 6.96. The lowest BCUT2D eigenvalue weighted by Gasteiger charge is -2.39. The molecule has 1 aromatic carbocycles. The highest BCUT2D eigenvalue weighted by Gasteiger charge is 2.27. The Bertz CT molecular complexity index is 699. The zero-order chi connectivity index (χ0) is 20.1. The molecule has 0 radical (unpaired) electrons. The van der Waals surface area contributed by atoms with E-state index in [9.17, 15) is 0 Å². The first-order chi connectivity index (χ1) is 14.2. The molecule has 0 spiro atoms. The minimum atomic E-state index is 0.157. The highest BCUT2D eigenvalue weighted by atomic mass is 16.5. The van der Waals surface area contributed by atoms with Gasteiger partial charge in [0.1, 0.15) is 0 Å². The molecule has 0 aliphatic carbocycles. The summed E-state index contributed by atoms with van der Waals surface area (Å²) < 4.78 is 5.53. The number of ether oxygens (including phenoxy) is 1. The lowest BCUT2D eigenvalue weighted by molar-refractivity contribution is 0.0210. The third-order valence-corrected chi connectivity index (χ3v) is 6.61. The van der Waals surface area contributed by atoms with Crippen molar-refractivity contribution >= 4 is 0 Å². The van der Waals surface area contributed by atoms with Gasteiger partial charge in [-0.05, 0) is 82.3 Å². The average Bonchev–Trinajstić information content (AvgIpc) is 2.77. The molecule has 4 nitrogen and oxygen atoms in total. The van der Waals surface area contributed by atoms with Crippen LogP contribution in [0.3, 0.4) is 0 Å². The standard InChI is InChI=1S/C25H35N3O/c1-19-3-6-22(7-4-19)25(24-8-5-20(2)17-26-24)27-18-21-9-13-28(14-10-21)23-11-15-29-16-12-23/h3-8,17,21,23,25,27H,9-16,18H2,1-2H3. The van der Waals surface area contributed by atoms with Gasteiger partial charge in [0.05, 0.1) is 11.7 Å². The summed E-state index contributed by atoms with van der Waals surface area (Å²) in [7, 11) is 0. The summed E-state index contributed by atoms with van der Waals surface area (Å²) in [5.74, 6) is 0.740. The van der Waals surface area contributed by atoms with Crippen LogP contribution in [0.15, 0.2) is 42.6 Å². The normalized spacial score (nSPS) is 20.6. The highest BCUT2D eigenvalue weighted by molar-refractivity contribution is 5.31. The first kappa shape index (κ1) is 20.5. The van der Waals surface area contributed by atoms with Crippen molar-refractivity contribution in [3.05, 3.63) is 65.0 Å². The Hall–Kier alpha value is -1.75. The molecule has 1 N–H and O–H groups in total. The van der Waals surface area contributed by atoms with Crippen LogP contribution in [0.4, 0.5) is 0 Å². The first-order valence-corrected chi connectivity index (χ1v) is 11.2. The van der Waals surface area contributed by atoms with E-state index in [1.807, 2.05) is 6.20 Å². The maximum Gasteiger partial charge on any atom is 0.0751 e. The number of likely N-dealkylation sites (tertiary alicyclic amines) is 1. The molecule has 29 heavy (non-hydrogen) atoms. The van der Waals surface area contributed by atoms with Crippen molar-refractivity contribution in [3.63, 3.8) is 0 Å². The van der Waals surface area contributed by atoms with Crippen LogP contribution in [0.2, 0.25) is 0 Å². The molecule has 2 fully saturated rings. The number of hydrogen-bond donors (Lipinski definition) is 1. The third-order valence-electron chi connectivity index (χ3n) is 6.61. The van der Waals surface area contributed by atoms with Crippen LogP contribution in [-0.2, 0) is 4.74 Å². The van der Waals surface area contributed by atoms with E-state index in [0.29, 0.717) is 0 Å². The zero-order valence-electron chi connectivity index (χ0n) is 17.9. The molecular formula is C25H35N3O. The Labute approximate surface area is 175 Å². The number of hydrogen-bond acceptors (Lipinski definition) is 4. The summed E-state index contributed by atoms with van der Waals surface area (Å²) in [6.45, 7) is 9.63. The summed E-state index contributed by atoms with van der Waals surface area (Å²) in [6, 6.07) is 14.1. The van der Waals surface area contributed by atoms with Crippen LogP contribution in [0.5, 0.6) is 0 Å². The van der Waals surface area contributed by atoms with Gasteiger partial charge in [0, 0.05) is 25.5 Å². The molecule has 1 atom stereocenters. The molecule has 156 valence electrons. The molecule has 2 aliphatic rings. The van der Waals surface area contributed by atoms with Gasteiger partial charge in [-0.25, -0.2) is 0 Å². The molecule has 1 aromatic heterocycles. The van der Waals surface area contributed by atoms with Gasteiger partial charge >= 0.3 is 0 Å². The molecular weight excluding hydrogens is 358 g/mol. The molecule has 4 heteroatoms. The second-order valence-electron chi connectivity index (χ2n) is 8.84. The van der Waals surface area contributed by atoms with Crippen LogP contribution in [0.25, 0.3) is 0 Å². The van der Waals surface area contributed by atoms with Crippen LogP contribution in [0.1, 0.15) is 54.1 Å². The van der Waals surface area contributed by atoms with Crippen LogP contribution >= 0.6 is 0 Å². The van der Waals surface area contributed by atoms with Crippen molar-refractivity contribution in [1.29, 1.82) is 0 Å². The predicted octanol–water partition coefficient (Wildman–Crippen LogP) is 4.27. The second kappa shape index (κ2) is 9.84. The van der Waals surface area contributed by atoms with Crippen molar-refractivity contribution in [1.82, 2.24) is 15.2 Å². The maximum atomic E-state index is 5.53. The van der Waals surface area contributed by atoms with E-state index in [0.717, 1.165) is 37.4 Å². The van der Waals surface area contributed by atoms with E-state index in [1.165, 1.54) is 55.5 Å². The van der Waals surface area contributed by atoms with E-state index < -0.39 is 0 Å². The van der Waals surface area contributed by atoms with Crippen LogP contribution in [-0.4, -0.2) is 48.8 Å². The Balaban J connectivity index is 1.37. The SMILES string of the molecule is Cc1ccc(C(NCC2CCN(C3CCOCC3)CC2)c2ccc(C)cn2)cc1. The summed E-state index contributed by atoms with van der Waals surface area (Å²) in [4.78, 5) is 7.44. The largest absolute Gasteiger partial charge is 0.381 e. The molecule has 2 saturated heterocycles. The van der Waals surface area contributed by atoms with Gasteiger partial charge in [-0.15, -0.1) is 0 Å². The molecule has 2 aliphatic heterocycles. The smallest absolute Gasteiger partial charge is 0.0751 e.